The van der Waals surface area contributed by atoms with Crippen molar-refractivity contribution in [3.63, 3.8) is 0 Å². The Labute approximate surface area is 106 Å². The minimum atomic E-state index is -0.0301. The molecule has 1 fully saturated rings. The second-order valence-electron chi connectivity index (χ2n) is 4.96. The summed E-state index contributed by atoms with van der Waals surface area (Å²) in [6.45, 7) is 2.04. The molecule has 18 heavy (non-hydrogen) atoms. The van der Waals surface area contributed by atoms with Crippen LogP contribution in [-0.2, 0) is 6.61 Å². The van der Waals surface area contributed by atoms with Crippen molar-refractivity contribution in [3.8, 4) is 5.69 Å². The average molecular weight is 243 g/mol. The van der Waals surface area contributed by atoms with Crippen molar-refractivity contribution in [2.45, 2.75) is 38.7 Å². The lowest BCUT2D eigenvalue weighted by molar-refractivity contribution is 0.272. The predicted octanol–water partition coefficient (Wildman–Crippen LogP) is 2.34. The molecule has 2 aromatic rings. The Balaban J connectivity index is 2.08. The molecule has 0 spiro atoms. The van der Waals surface area contributed by atoms with E-state index in [2.05, 4.69) is 29.4 Å². The van der Waals surface area contributed by atoms with E-state index in [1.807, 2.05) is 16.8 Å². The highest BCUT2D eigenvalue weighted by molar-refractivity contribution is 5.37. The highest BCUT2D eigenvalue weighted by atomic mass is 16.3. The molecular formula is C14H17N3O. The standard InChI is InChI=1S/C14H17N3O/c1-10-4-2-7-12(8-10)17-14(11-5-3-6-11)13(9-18)15-16-17/h2,4,7-8,11,18H,3,5-6,9H2,1H3. The summed E-state index contributed by atoms with van der Waals surface area (Å²) in [5.74, 6) is 0.502. The number of hydrogen-bond acceptors (Lipinski definition) is 3. The lowest BCUT2D eigenvalue weighted by Gasteiger charge is -2.26. The van der Waals surface area contributed by atoms with Gasteiger partial charge < -0.3 is 5.11 Å². The lowest BCUT2D eigenvalue weighted by atomic mass is 9.82. The molecule has 1 aromatic carbocycles. The first-order valence-electron chi connectivity index (χ1n) is 6.42. The number of nitrogens with zero attached hydrogens (tertiary/aromatic N) is 3. The molecular weight excluding hydrogens is 226 g/mol. The molecule has 0 atom stereocenters. The summed E-state index contributed by atoms with van der Waals surface area (Å²) in [6, 6.07) is 8.22. The van der Waals surface area contributed by atoms with E-state index in [1.165, 1.54) is 24.8 Å². The van der Waals surface area contributed by atoms with Gasteiger partial charge in [-0.15, -0.1) is 5.10 Å². The fraction of sp³-hybridized carbons (Fsp3) is 0.429. The molecule has 0 unspecified atom stereocenters. The fourth-order valence-corrected chi connectivity index (χ4v) is 2.47. The maximum Gasteiger partial charge on any atom is 0.112 e. The minimum absolute atomic E-state index is 0.0301. The summed E-state index contributed by atoms with van der Waals surface area (Å²) in [5.41, 5.74) is 4.05. The van der Waals surface area contributed by atoms with Gasteiger partial charge >= 0.3 is 0 Å². The number of aromatic nitrogens is 3. The van der Waals surface area contributed by atoms with Crippen LogP contribution in [0.5, 0.6) is 0 Å². The van der Waals surface area contributed by atoms with Gasteiger partial charge in [-0.2, -0.15) is 0 Å². The molecule has 1 aliphatic rings. The van der Waals surface area contributed by atoms with Crippen molar-refractivity contribution in [1.29, 1.82) is 0 Å². The van der Waals surface area contributed by atoms with Crippen LogP contribution in [0, 0.1) is 6.92 Å². The van der Waals surface area contributed by atoms with Crippen molar-refractivity contribution >= 4 is 0 Å². The predicted molar refractivity (Wildman–Crippen MR) is 68.6 cm³/mol. The van der Waals surface area contributed by atoms with Crippen LogP contribution in [0.15, 0.2) is 24.3 Å². The molecule has 4 heteroatoms. The molecule has 0 saturated heterocycles. The Morgan fingerprint density at radius 3 is 2.83 bits per heavy atom. The number of aryl methyl sites for hydroxylation is 1. The van der Waals surface area contributed by atoms with Crippen molar-refractivity contribution in [3.05, 3.63) is 41.2 Å². The van der Waals surface area contributed by atoms with Crippen LogP contribution in [0.2, 0.25) is 0 Å². The Morgan fingerprint density at radius 1 is 1.39 bits per heavy atom. The molecule has 1 aliphatic carbocycles. The van der Waals surface area contributed by atoms with Gasteiger partial charge in [-0.25, -0.2) is 4.68 Å². The van der Waals surface area contributed by atoms with E-state index in [1.54, 1.807) is 0 Å². The van der Waals surface area contributed by atoms with Gasteiger partial charge in [0.2, 0.25) is 0 Å². The van der Waals surface area contributed by atoms with Crippen LogP contribution in [0.1, 0.15) is 42.1 Å². The minimum Gasteiger partial charge on any atom is -0.390 e. The summed E-state index contributed by atoms with van der Waals surface area (Å²) < 4.78 is 1.89. The molecule has 1 heterocycles. The van der Waals surface area contributed by atoms with E-state index in [9.17, 15) is 5.11 Å². The molecule has 0 radical (unpaired) electrons. The molecule has 1 aromatic heterocycles. The van der Waals surface area contributed by atoms with E-state index in [4.69, 9.17) is 0 Å². The maximum atomic E-state index is 9.39. The molecule has 4 nitrogen and oxygen atoms in total. The molecule has 94 valence electrons. The van der Waals surface area contributed by atoms with E-state index in [-0.39, 0.29) is 6.61 Å². The van der Waals surface area contributed by atoms with Crippen LogP contribution in [0.4, 0.5) is 0 Å². The molecule has 0 amide bonds. The third-order valence-electron chi connectivity index (χ3n) is 3.67. The third-order valence-corrected chi connectivity index (χ3v) is 3.67. The first kappa shape index (κ1) is 11.4. The van der Waals surface area contributed by atoms with Crippen LogP contribution < -0.4 is 0 Å². The van der Waals surface area contributed by atoms with Crippen molar-refractivity contribution in [1.82, 2.24) is 15.0 Å². The molecule has 1 saturated carbocycles. The zero-order valence-corrected chi connectivity index (χ0v) is 10.5. The Morgan fingerprint density at radius 2 is 2.22 bits per heavy atom. The van der Waals surface area contributed by atoms with Gasteiger partial charge in [-0.05, 0) is 37.5 Å². The van der Waals surface area contributed by atoms with Gasteiger partial charge in [0.15, 0.2) is 0 Å². The van der Waals surface area contributed by atoms with Gasteiger partial charge in [-0.3, -0.25) is 0 Å². The van der Waals surface area contributed by atoms with Gasteiger partial charge in [0.1, 0.15) is 5.69 Å². The Bertz CT molecular complexity index is 558. The monoisotopic (exact) mass is 243 g/mol. The summed E-state index contributed by atoms with van der Waals surface area (Å²) in [7, 11) is 0. The van der Waals surface area contributed by atoms with Crippen LogP contribution in [-0.4, -0.2) is 20.1 Å². The zero-order chi connectivity index (χ0) is 12.5. The smallest absolute Gasteiger partial charge is 0.112 e. The van der Waals surface area contributed by atoms with Gasteiger partial charge in [0.25, 0.3) is 0 Å². The highest BCUT2D eigenvalue weighted by Crippen LogP contribution is 2.38. The summed E-state index contributed by atoms with van der Waals surface area (Å²) in [6.07, 6.45) is 3.60. The quantitative estimate of drug-likeness (QED) is 0.900. The average Bonchev–Trinajstić information content (AvgIpc) is 2.70. The van der Waals surface area contributed by atoms with Gasteiger partial charge in [0.05, 0.1) is 18.0 Å². The fourth-order valence-electron chi connectivity index (χ4n) is 2.47. The topological polar surface area (TPSA) is 50.9 Å². The molecule has 0 bridgehead atoms. The lowest BCUT2D eigenvalue weighted by Crippen LogP contribution is -2.16. The van der Waals surface area contributed by atoms with Crippen molar-refractivity contribution in [2.24, 2.45) is 0 Å². The first-order chi connectivity index (χ1) is 8.79. The number of hydrogen-bond donors (Lipinski definition) is 1. The summed E-state index contributed by atoms with van der Waals surface area (Å²) >= 11 is 0. The van der Waals surface area contributed by atoms with E-state index >= 15 is 0 Å². The first-order valence-corrected chi connectivity index (χ1v) is 6.42. The largest absolute Gasteiger partial charge is 0.390 e. The third kappa shape index (κ3) is 1.82. The zero-order valence-electron chi connectivity index (χ0n) is 10.5. The Hall–Kier alpha value is -1.68. The summed E-state index contributed by atoms with van der Waals surface area (Å²) in [5, 5.41) is 17.7. The number of aliphatic hydroxyl groups excluding tert-OH is 1. The van der Waals surface area contributed by atoms with Crippen LogP contribution >= 0.6 is 0 Å². The highest BCUT2D eigenvalue weighted by Gasteiger charge is 2.27. The van der Waals surface area contributed by atoms with E-state index in [0.717, 1.165) is 17.1 Å². The van der Waals surface area contributed by atoms with Crippen molar-refractivity contribution < 1.29 is 5.11 Å². The normalized spacial score (nSPS) is 15.7. The number of benzene rings is 1. The molecule has 1 N–H and O–H groups in total. The number of aliphatic hydroxyl groups is 1. The molecule has 3 rings (SSSR count). The maximum absolute atomic E-state index is 9.39. The second kappa shape index (κ2) is 4.53. The van der Waals surface area contributed by atoms with Crippen molar-refractivity contribution in [2.75, 3.05) is 0 Å². The molecule has 0 aliphatic heterocycles. The van der Waals surface area contributed by atoms with Gasteiger partial charge in [-0.1, -0.05) is 23.8 Å². The summed E-state index contributed by atoms with van der Waals surface area (Å²) in [4.78, 5) is 0. The second-order valence-corrected chi connectivity index (χ2v) is 4.96. The van der Waals surface area contributed by atoms with Crippen LogP contribution in [0.3, 0.4) is 0 Å². The van der Waals surface area contributed by atoms with E-state index in [0.29, 0.717) is 5.92 Å². The number of rotatable bonds is 3. The van der Waals surface area contributed by atoms with Crippen LogP contribution in [0.25, 0.3) is 5.69 Å². The SMILES string of the molecule is Cc1cccc(-n2nnc(CO)c2C2CCC2)c1. The van der Waals surface area contributed by atoms with Gasteiger partial charge in [0, 0.05) is 5.92 Å². The Kier molecular flexibility index (Phi) is 2.88. The van der Waals surface area contributed by atoms with E-state index < -0.39 is 0 Å².